The molecule has 0 aromatic heterocycles. The number of nitrogens with zero attached hydrogens (tertiary/aromatic N) is 2. The highest BCUT2D eigenvalue weighted by atomic mass is 79.9. The van der Waals surface area contributed by atoms with Gasteiger partial charge in [-0.05, 0) is 33.6 Å². The summed E-state index contributed by atoms with van der Waals surface area (Å²) in [6.45, 7) is 0.385. The van der Waals surface area contributed by atoms with Gasteiger partial charge in [-0.3, -0.25) is 0 Å². The van der Waals surface area contributed by atoms with E-state index in [1.54, 1.807) is 0 Å². The molecule has 0 unspecified atom stereocenters. The quantitative estimate of drug-likeness (QED) is 0.613. The van der Waals surface area contributed by atoms with Crippen molar-refractivity contribution in [1.82, 2.24) is 0 Å². The summed E-state index contributed by atoms with van der Waals surface area (Å²) < 4.78 is 1.00. The average molecular weight is 255 g/mol. The summed E-state index contributed by atoms with van der Waals surface area (Å²) >= 11 is 3.46. The third-order valence-corrected chi connectivity index (χ3v) is 2.46. The Morgan fingerprint density at radius 2 is 2.21 bits per heavy atom. The minimum atomic E-state index is 0.385. The van der Waals surface area contributed by atoms with Crippen LogP contribution in [0.15, 0.2) is 27.7 Å². The molecule has 0 spiro atoms. The molecule has 0 aliphatic rings. The summed E-state index contributed by atoms with van der Waals surface area (Å²) in [6.07, 6.45) is 1.52. The van der Waals surface area contributed by atoms with E-state index in [0.29, 0.717) is 6.54 Å². The highest BCUT2D eigenvalue weighted by Gasteiger charge is 2.02. The highest BCUT2D eigenvalue weighted by Crippen LogP contribution is 2.25. The Labute approximate surface area is 91.6 Å². The van der Waals surface area contributed by atoms with Gasteiger partial charge in [-0.15, -0.1) is 0 Å². The molecular weight excluding hydrogens is 244 g/mol. The molecule has 0 saturated heterocycles. The number of aliphatic imine (C=N–C) groups is 1. The number of rotatable bonds is 3. The number of carbonyl (C=O) groups excluding carboxylic acids is 1. The Bertz CT molecular complexity index is 370. The van der Waals surface area contributed by atoms with E-state index in [9.17, 15) is 4.79 Å². The predicted molar refractivity (Wildman–Crippen MR) is 60.3 cm³/mol. The summed E-state index contributed by atoms with van der Waals surface area (Å²) in [4.78, 5) is 15.5. The lowest BCUT2D eigenvalue weighted by Crippen LogP contribution is -2.09. The first-order chi connectivity index (χ1) is 6.65. The van der Waals surface area contributed by atoms with Gasteiger partial charge in [0.15, 0.2) is 0 Å². The van der Waals surface area contributed by atoms with Gasteiger partial charge in [-0.1, -0.05) is 6.07 Å². The van der Waals surface area contributed by atoms with Crippen LogP contribution in [-0.4, -0.2) is 20.2 Å². The summed E-state index contributed by atoms with van der Waals surface area (Å²) in [5.41, 5.74) is 2.09. The first-order valence-corrected chi connectivity index (χ1v) is 4.94. The molecule has 0 aliphatic carbocycles. The van der Waals surface area contributed by atoms with Gasteiger partial charge in [0.1, 0.15) is 0 Å². The number of halogens is 1. The second-order valence-corrected chi connectivity index (χ2v) is 3.94. The van der Waals surface area contributed by atoms with Crippen molar-refractivity contribution in [2.24, 2.45) is 4.99 Å². The maximum atomic E-state index is 9.93. The van der Waals surface area contributed by atoms with Crippen LogP contribution in [0.5, 0.6) is 0 Å². The van der Waals surface area contributed by atoms with Gasteiger partial charge in [-0.2, -0.15) is 0 Å². The number of hydrogen-bond donors (Lipinski definition) is 0. The molecule has 74 valence electrons. The smallest absolute Gasteiger partial charge is 0.235 e. The van der Waals surface area contributed by atoms with Crippen LogP contribution < -0.4 is 4.90 Å². The maximum Gasteiger partial charge on any atom is 0.235 e. The summed E-state index contributed by atoms with van der Waals surface area (Å²) in [7, 11) is 3.95. The minimum absolute atomic E-state index is 0.385. The Kier molecular flexibility index (Phi) is 3.86. The molecule has 3 nitrogen and oxygen atoms in total. The molecule has 14 heavy (non-hydrogen) atoms. The van der Waals surface area contributed by atoms with Crippen molar-refractivity contribution in [3.8, 4) is 0 Å². The van der Waals surface area contributed by atoms with E-state index in [2.05, 4.69) is 20.9 Å². The van der Waals surface area contributed by atoms with E-state index in [1.807, 2.05) is 37.2 Å². The monoisotopic (exact) mass is 254 g/mol. The molecule has 0 atom stereocenters. The van der Waals surface area contributed by atoms with E-state index in [1.165, 1.54) is 6.08 Å². The van der Waals surface area contributed by atoms with Crippen molar-refractivity contribution in [3.63, 3.8) is 0 Å². The van der Waals surface area contributed by atoms with Crippen LogP contribution in [0, 0.1) is 0 Å². The van der Waals surface area contributed by atoms with Crippen LogP contribution in [0.2, 0.25) is 0 Å². The number of anilines is 1. The standard InChI is InChI=1S/C10H11BrN2O/c1-13(2)10-4-3-8(5-9(10)11)6-12-7-14/h3-5H,6H2,1-2H3. The third-order valence-electron chi connectivity index (χ3n) is 1.82. The molecule has 0 amide bonds. The molecule has 1 rings (SSSR count). The van der Waals surface area contributed by atoms with Gasteiger partial charge in [0.05, 0.1) is 12.2 Å². The molecule has 0 N–H and O–H groups in total. The van der Waals surface area contributed by atoms with Gasteiger partial charge in [0.25, 0.3) is 0 Å². The molecule has 1 aromatic carbocycles. The van der Waals surface area contributed by atoms with Crippen molar-refractivity contribution >= 4 is 27.7 Å². The number of isocyanates is 1. The van der Waals surface area contributed by atoms with Crippen molar-refractivity contribution < 1.29 is 4.79 Å². The summed E-state index contributed by atoms with van der Waals surface area (Å²) in [6, 6.07) is 5.89. The van der Waals surface area contributed by atoms with Crippen LogP contribution in [-0.2, 0) is 11.3 Å². The first kappa shape index (κ1) is 11.0. The van der Waals surface area contributed by atoms with E-state index in [-0.39, 0.29) is 0 Å². The lowest BCUT2D eigenvalue weighted by Gasteiger charge is -2.14. The molecule has 0 heterocycles. The second kappa shape index (κ2) is 4.94. The fraction of sp³-hybridized carbons (Fsp3) is 0.300. The fourth-order valence-corrected chi connectivity index (χ4v) is 1.92. The van der Waals surface area contributed by atoms with Gasteiger partial charge in [0, 0.05) is 18.6 Å². The van der Waals surface area contributed by atoms with Crippen LogP contribution in [0.4, 0.5) is 5.69 Å². The molecule has 0 saturated carbocycles. The zero-order valence-electron chi connectivity index (χ0n) is 8.12. The molecule has 1 aromatic rings. The van der Waals surface area contributed by atoms with Crippen LogP contribution in [0.25, 0.3) is 0 Å². The van der Waals surface area contributed by atoms with Crippen LogP contribution >= 0.6 is 15.9 Å². The summed E-state index contributed by atoms with van der Waals surface area (Å²) in [5, 5.41) is 0. The zero-order chi connectivity index (χ0) is 10.6. The van der Waals surface area contributed by atoms with E-state index < -0.39 is 0 Å². The number of hydrogen-bond acceptors (Lipinski definition) is 3. The largest absolute Gasteiger partial charge is 0.377 e. The highest BCUT2D eigenvalue weighted by molar-refractivity contribution is 9.10. The number of benzene rings is 1. The predicted octanol–water partition coefficient (Wildman–Crippen LogP) is 2.35. The van der Waals surface area contributed by atoms with Crippen molar-refractivity contribution in [3.05, 3.63) is 28.2 Å². The fourth-order valence-electron chi connectivity index (χ4n) is 1.14. The van der Waals surface area contributed by atoms with Gasteiger partial charge >= 0.3 is 0 Å². The van der Waals surface area contributed by atoms with E-state index in [0.717, 1.165) is 15.7 Å². The van der Waals surface area contributed by atoms with Gasteiger partial charge < -0.3 is 4.90 Å². The van der Waals surface area contributed by atoms with Crippen molar-refractivity contribution in [1.29, 1.82) is 0 Å². The molecule has 0 fully saturated rings. The SMILES string of the molecule is CN(C)c1ccc(CN=C=O)cc1Br. The van der Waals surface area contributed by atoms with Crippen molar-refractivity contribution in [2.75, 3.05) is 19.0 Å². The average Bonchev–Trinajstić information content (AvgIpc) is 2.14. The van der Waals surface area contributed by atoms with Crippen LogP contribution in [0.3, 0.4) is 0 Å². The topological polar surface area (TPSA) is 32.7 Å². The lowest BCUT2D eigenvalue weighted by molar-refractivity contribution is 0.563. The Morgan fingerprint density at radius 3 is 2.71 bits per heavy atom. The zero-order valence-corrected chi connectivity index (χ0v) is 9.71. The Balaban J connectivity index is 2.94. The van der Waals surface area contributed by atoms with Gasteiger partial charge in [0.2, 0.25) is 6.08 Å². The van der Waals surface area contributed by atoms with E-state index >= 15 is 0 Å². The van der Waals surface area contributed by atoms with Gasteiger partial charge in [-0.25, -0.2) is 9.79 Å². The molecule has 0 radical (unpaired) electrons. The Morgan fingerprint density at radius 1 is 1.50 bits per heavy atom. The third kappa shape index (κ3) is 2.69. The summed E-state index contributed by atoms with van der Waals surface area (Å²) in [5.74, 6) is 0. The first-order valence-electron chi connectivity index (χ1n) is 4.14. The van der Waals surface area contributed by atoms with Crippen LogP contribution in [0.1, 0.15) is 5.56 Å². The molecule has 0 bridgehead atoms. The second-order valence-electron chi connectivity index (χ2n) is 3.09. The maximum absolute atomic E-state index is 9.93. The molecule has 4 heteroatoms. The molecular formula is C10H11BrN2O. The molecule has 0 aliphatic heterocycles. The normalized spacial score (nSPS) is 9.36. The minimum Gasteiger partial charge on any atom is -0.377 e. The Hall–Kier alpha value is -1.12. The van der Waals surface area contributed by atoms with Crippen molar-refractivity contribution in [2.45, 2.75) is 6.54 Å². The van der Waals surface area contributed by atoms with E-state index in [4.69, 9.17) is 0 Å². The lowest BCUT2D eigenvalue weighted by atomic mass is 10.2.